The second-order valence-electron chi connectivity index (χ2n) is 10.00. The number of aromatic hydroxyl groups is 1. The van der Waals surface area contributed by atoms with Gasteiger partial charge in [0.05, 0.1) is 29.1 Å². The highest BCUT2D eigenvalue weighted by molar-refractivity contribution is 5.97. The SMILES string of the molecule is C=C(C)[C@@H]1COc2c(C)cc3oc4c([C@@H](O)[C@@H]5OC5(C)C)ccc(O)c4c(=O)c3c2[C@@H]1OC(C)=O. The molecule has 8 heteroatoms. The van der Waals surface area contributed by atoms with Crippen LogP contribution in [0.5, 0.6) is 11.5 Å². The van der Waals surface area contributed by atoms with Gasteiger partial charge in [0.2, 0.25) is 5.43 Å². The van der Waals surface area contributed by atoms with Gasteiger partial charge in [-0.1, -0.05) is 12.2 Å². The van der Waals surface area contributed by atoms with Crippen LogP contribution in [0, 0.1) is 12.8 Å². The van der Waals surface area contributed by atoms with E-state index >= 15 is 0 Å². The summed E-state index contributed by atoms with van der Waals surface area (Å²) < 4.78 is 23.5. The number of aliphatic hydroxyl groups excluding tert-OH is 1. The number of benzene rings is 2. The van der Waals surface area contributed by atoms with Crippen LogP contribution >= 0.6 is 0 Å². The third kappa shape index (κ3) is 3.59. The van der Waals surface area contributed by atoms with Crippen molar-refractivity contribution in [2.45, 2.75) is 58.5 Å². The van der Waals surface area contributed by atoms with Gasteiger partial charge in [0.25, 0.3) is 0 Å². The van der Waals surface area contributed by atoms with Crippen LogP contribution in [0.4, 0.5) is 0 Å². The molecule has 0 unspecified atom stereocenters. The van der Waals surface area contributed by atoms with Crippen molar-refractivity contribution in [2.24, 2.45) is 5.92 Å². The number of rotatable bonds is 4. The molecule has 0 spiro atoms. The van der Waals surface area contributed by atoms with Crippen molar-refractivity contribution in [3.05, 3.63) is 57.3 Å². The number of hydrogen-bond acceptors (Lipinski definition) is 8. The van der Waals surface area contributed by atoms with Gasteiger partial charge in [-0.05, 0) is 51.5 Å². The predicted molar refractivity (Wildman–Crippen MR) is 129 cm³/mol. The van der Waals surface area contributed by atoms with E-state index in [2.05, 4.69) is 6.58 Å². The van der Waals surface area contributed by atoms with Crippen LogP contribution in [0.1, 0.15) is 56.6 Å². The molecule has 3 aromatic rings. The van der Waals surface area contributed by atoms with Crippen molar-refractivity contribution < 1.29 is 33.6 Å². The van der Waals surface area contributed by atoms with E-state index in [-0.39, 0.29) is 40.2 Å². The number of phenols is 1. The molecule has 3 heterocycles. The summed E-state index contributed by atoms with van der Waals surface area (Å²) in [6.45, 7) is 12.9. The first-order valence-electron chi connectivity index (χ1n) is 11.5. The summed E-state index contributed by atoms with van der Waals surface area (Å²) in [5.41, 5.74) is 1.46. The van der Waals surface area contributed by atoms with E-state index in [0.29, 0.717) is 22.4 Å². The number of ether oxygens (including phenoxy) is 3. The Morgan fingerprint density at radius 3 is 2.54 bits per heavy atom. The highest BCUT2D eigenvalue weighted by atomic mass is 16.6. The quantitative estimate of drug-likeness (QED) is 0.245. The van der Waals surface area contributed by atoms with Gasteiger partial charge in [0.15, 0.2) is 0 Å². The topological polar surface area (TPSA) is 119 Å². The van der Waals surface area contributed by atoms with Crippen LogP contribution in [0.25, 0.3) is 21.9 Å². The van der Waals surface area contributed by atoms with Crippen LogP contribution in [0.2, 0.25) is 0 Å². The predicted octanol–water partition coefficient (Wildman–Crippen LogP) is 4.36. The largest absolute Gasteiger partial charge is 0.507 e. The number of hydrogen-bond donors (Lipinski definition) is 2. The van der Waals surface area contributed by atoms with Crippen molar-refractivity contribution in [3.63, 3.8) is 0 Å². The monoisotopic (exact) mass is 480 g/mol. The number of epoxide rings is 1. The molecule has 1 aromatic heterocycles. The van der Waals surface area contributed by atoms with E-state index in [9.17, 15) is 19.8 Å². The number of fused-ring (bicyclic) bond motifs is 4. The van der Waals surface area contributed by atoms with Gasteiger partial charge in [-0.15, -0.1) is 0 Å². The molecule has 1 saturated heterocycles. The minimum atomic E-state index is -1.06. The van der Waals surface area contributed by atoms with E-state index in [1.807, 2.05) is 27.7 Å². The normalized spacial score (nSPS) is 23.4. The first-order chi connectivity index (χ1) is 16.4. The maximum atomic E-state index is 13.9. The minimum Gasteiger partial charge on any atom is -0.507 e. The van der Waals surface area contributed by atoms with Crippen molar-refractivity contribution in [1.29, 1.82) is 0 Å². The molecule has 2 aromatic carbocycles. The Morgan fingerprint density at radius 1 is 1.26 bits per heavy atom. The maximum Gasteiger partial charge on any atom is 0.303 e. The fraction of sp³-hybridized carbons (Fsp3) is 0.407. The lowest BCUT2D eigenvalue weighted by atomic mass is 9.85. The molecule has 0 amide bonds. The van der Waals surface area contributed by atoms with E-state index in [4.69, 9.17) is 18.6 Å². The van der Waals surface area contributed by atoms with Gasteiger partial charge in [-0.2, -0.15) is 0 Å². The van der Waals surface area contributed by atoms with Crippen molar-refractivity contribution in [3.8, 4) is 11.5 Å². The third-order valence-electron chi connectivity index (χ3n) is 6.95. The molecule has 184 valence electrons. The molecule has 0 bridgehead atoms. The lowest BCUT2D eigenvalue weighted by molar-refractivity contribution is -0.150. The van der Waals surface area contributed by atoms with Gasteiger partial charge in [0, 0.05) is 12.5 Å². The summed E-state index contributed by atoms with van der Waals surface area (Å²) in [5, 5.41) is 21.7. The molecule has 4 atom stereocenters. The van der Waals surface area contributed by atoms with Crippen molar-refractivity contribution >= 4 is 27.9 Å². The van der Waals surface area contributed by atoms with Crippen molar-refractivity contribution in [1.82, 2.24) is 0 Å². The molecule has 5 rings (SSSR count). The number of aryl methyl sites for hydroxylation is 1. The Balaban J connectivity index is 1.84. The zero-order valence-corrected chi connectivity index (χ0v) is 20.3. The van der Waals surface area contributed by atoms with E-state index < -0.39 is 35.3 Å². The summed E-state index contributed by atoms with van der Waals surface area (Å²) >= 11 is 0. The van der Waals surface area contributed by atoms with Gasteiger partial charge < -0.3 is 28.8 Å². The molecule has 1 fully saturated rings. The van der Waals surface area contributed by atoms with Crippen LogP contribution in [0.3, 0.4) is 0 Å². The number of esters is 1. The average Bonchev–Trinajstić information content (AvgIpc) is 3.41. The van der Waals surface area contributed by atoms with Gasteiger partial charge in [-0.25, -0.2) is 0 Å². The fourth-order valence-corrected chi connectivity index (χ4v) is 5.04. The molecule has 0 radical (unpaired) electrons. The summed E-state index contributed by atoms with van der Waals surface area (Å²) in [6.07, 6.45) is -2.34. The molecule has 0 aliphatic carbocycles. The minimum absolute atomic E-state index is 0.0717. The number of phenolic OH excluding ortho intramolecular Hbond substituents is 1. The molecular formula is C27H28O8. The lowest BCUT2D eigenvalue weighted by Crippen LogP contribution is -2.31. The standard InChI is InChI=1S/C27H28O8/c1-11(2)15-10-32-23-12(3)9-17-19(20(23)25(15)33-13(4)28)22(31)18-16(29)8-7-14(24(18)34-17)21(30)26-27(5,6)35-26/h7-9,15,21,25-26,29-30H,1,10H2,2-6H3/t15-,21+,25+,26-/m0/s1. The second-order valence-corrected chi connectivity index (χ2v) is 10.00. The molecule has 8 nitrogen and oxygen atoms in total. The van der Waals surface area contributed by atoms with Crippen LogP contribution in [0.15, 0.2) is 39.6 Å². The number of carbonyl (C=O) groups excluding carboxylic acids is 1. The Labute approximate surface area is 201 Å². The fourth-order valence-electron chi connectivity index (χ4n) is 5.04. The summed E-state index contributed by atoms with van der Waals surface area (Å²) in [7, 11) is 0. The Hall–Kier alpha value is -3.36. The lowest BCUT2D eigenvalue weighted by Gasteiger charge is -2.34. The smallest absolute Gasteiger partial charge is 0.303 e. The summed E-state index contributed by atoms with van der Waals surface area (Å²) in [5.74, 6) is -0.720. The summed E-state index contributed by atoms with van der Waals surface area (Å²) in [4.78, 5) is 26.0. The highest BCUT2D eigenvalue weighted by Gasteiger charge is 2.53. The summed E-state index contributed by atoms with van der Waals surface area (Å²) in [6, 6.07) is 4.57. The zero-order chi connectivity index (χ0) is 25.4. The average molecular weight is 481 g/mol. The first kappa shape index (κ1) is 23.4. The van der Waals surface area contributed by atoms with Crippen molar-refractivity contribution in [2.75, 3.05) is 6.61 Å². The highest BCUT2D eigenvalue weighted by Crippen LogP contribution is 2.48. The molecular weight excluding hydrogens is 452 g/mol. The second kappa shape index (κ2) is 7.83. The molecule has 2 aliphatic rings. The Kier molecular flexibility index (Phi) is 5.23. The van der Waals surface area contributed by atoms with E-state index in [1.54, 1.807) is 6.07 Å². The van der Waals surface area contributed by atoms with E-state index in [0.717, 1.165) is 5.57 Å². The van der Waals surface area contributed by atoms with Gasteiger partial charge in [0.1, 0.15) is 46.4 Å². The van der Waals surface area contributed by atoms with Gasteiger partial charge >= 0.3 is 5.97 Å². The molecule has 35 heavy (non-hydrogen) atoms. The van der Waals surface area contributed by atoms with Crippen LogP contribution < -0.4 is 10.2 Å². The van der Waals surface area contributed by atoms with Gasteiger partial charge in [-0.3, -0.25) is 9.59 Å². The first-order valence-corrected chi connectivity index (χ1v) is 11.5. The maximum absolute atomic E-state index is 13.9. The van der Waals surface area contributed by atoms with E-state index in [1.165, 1.54) is 19.1 Å². The molecule has 2 N–H and O–H groups in total. The molecule has 2 aliphatic heterocycles. The Bertz CT molecular complexity index is 1460. The van der Waals surface area contributed by atoms with Crippen LogP contribution in [-0.4, -0.2) is 34.5 Å². The number of aliphatic hydroxyl groups is 1. The zero-order valence-electron chi connectivity index (χ0n) is 20.3. The molecule has 0 saturated carbocycles. The number of carbonyl (C=O) groups is 1. The third-order valence-corrected chi connectivity index (χ3v) is 6.95. The Morgan fingerprint density at radius 2 is 1.94 bits per heavy atom. The van der Waals surface area contributed by atoms with Crippen LogP contribution in [-0.2, 0) is 14.3 Å².